The van der Waals surface area contributed by atoms with Crippen molar-refractivity contribution in [3.63, 3.8) is 0 Å². The molecule has 0 aromatic heterocycles. The minimum atomic E-state index is -4.18. The van der Waals surface area contributed by atoms with E-state index in [2.05, 4.69) is 5.32 Å². The van der Waals surface area contributed by atoms with E-state index in [0.717, 1.165) is 0 Å². The third-order valence-electron chi connectivity index (χ3n) is 2.13. The van der Waals surface area contributed by atoms with E-state index in [0.29, 0.717) is 25.9 Å². The smallest absolute Gasteiger partial charge is 0.316 e. The number of alkyl halides is 3. The first kappa shape index (κ1) is 11.8. The average molecular weight is 227 g/mol. The van der Waals surface area contributed by atoms with Crippen molar-refractivity contribution in [2.45, 2.75) is 18.3 Å². The first-order valence-corrected chi connectivity index (χ1v) is 5.42. The van der Waals surface area contributed by atoms with Crippen molar-refractivity contribution in [3.8, 4) is 0 Å². The van der Waals surface area contributed by atoms with Gasteiger partial charge in [0, 0.05) is 31.2 Å². The van der Waals surface area contributed by atoms with Crippen molar-refractivity contribution < 1.29 is 18.0 Å². The van der Waals surface area contributed by atoms with E-state index in [9.17, 15) is 18.0 Å². The molecular formula is C8H12F3NOS. The van der Waals surface area contributed by atoms with Gasteiger partial charge in [-0.25, -0.2) is 0 Å². The second-order valence-corrected chi connectivity index (χ2v) is 4.36. The Balaban J connectivity index is 2.20. The van der Waals surface area contributed by atoms with Crippen molar-refractivity contribution in [1.29, 1.82) is 0 Å². The molecule has 1 atom stereocenters. The lowest BCUT2D eigenvalue weighted by Crippen LogP contribution is -2.37. The van der Waals surface area contributed by atoms with E-state index >= 15 is 0 Å². The van der Waals surface area contributed by atoms with E-state index < -0.39 is 5.51 Å². The van der Waals surface area contributed by atoms with Gasteiger partial charge in [0.15, 0.2) is 0 Å². The van der Waals surface area contributed by atoms with Crippen LogP contribution >= 0.6 is 11.8 Å². The van der Waals surface area contributed by atoms with Crippen LogP contribution in [0.1, 0.15) is 12.8 Å². The molecule has 14 heavy (non-hydrogen) atoms. The molecule has 0 aliphatic carbocycles. The van der Waals surface area contributed by atoms with Gasteiger partial charge in [0.1, 0.15) is 5.78 Å². The number of thioether (sulfide) groups is 1. The van der Waals surface area contributed by atoms with Crippen LogP contribution in [0, 0.1) is 5.92 Å². The van der Waals surface area contributed by atoms with Gasteiger partial charge in [-0.3, -0.25) is 4.79 Å². The molecule has 1 saturated heterocycles. The lowest BCUT2D eigenvalue weighted by atomic mass is 9.96. The number of carbonyl (C=O) groups excluding carboxylic acids is 1. The number of nitrogens with one attached hydrogen (secondary N) is 1. The molecule has 0 aromatic rings. The van der Waals surface area contributed by atoms with Crippen LogP contribution in [0.3, 0.4) is 0 Å². The summed E-state index contributed by atoms with van der Waals surface area (Å²) in [6, 6.07) is 0. The average Bonchev–Trinajstić information content (AvgIpc) is 2.06. The summed E-state index contributed by atoms with van der Waals surface area (Å²) in [6.45, 7) is 1.18. The largest absolute Gasteiger partial charge is 0.441 e. The van der Waals surface area contributed by atoms with E-state index in [1.165, 1.54) is 0 Å². The molecule has 1 unspecified atom stereocenters. The van der Waals surface area contributed by atoms with E-state index in [1.807, 2.05) is 0 Å². The zero-order chi connectivity index (χ0) is 10.6. The Hall–Kier alpha value is -0.230. The molecule has 1 fully saturated rings. The number of piperidine rings is 1. The van der Waals surface area contributed by atoms with Gasteiger partial charge < -0.3 is 5.32 Å². The van der Waals surface area contributed by atoms with Gasteiger partial charge in [-0.1, -0.05) is 11.8 Å². The Morgan fingerprint density at radius 3 is 2.79 bits per heavy atom. The summed E-state index contributed by atoms with van der Waals surface area (Å²) in [6.07, 6.45) is 0.761. The molecule has 0 spiro atoms. The van der Waals surface area contributed by atoms with Gasteiger partial charge in [-0.05, 0) is 6.42 Å². The van der Waals surface area contributed by atoms with E-state index in [4.69, 9.17) is 0 Å². The Labute approximate surface area is 84.6 Å². The number of ketones is 1. The zero-order valence-corrected chi connectivity index (χ0v) is 8.38. The highest BCUT2D eigenvalue weighted by molar-refractivity contribution is 8.00. The molecular weight excluding hydrogens is 215 g/mol. The quantitative estimate of drug-likeness (QED) is 0.797. The topological polar surface area (TPSA) is 29.1 Å². The van der Waals surface area contributed by atoms with Gasteiger partial charge in [0.2, 0.25) is 0 Å². The van der Waals surface area contributed by atoms with Crippen LogP contribution in [-0.2, 0) is 4.79 Å². The van der Waals surface area contributed by atoms with Gasteiger partial charge in [-0.15, -0.1) is 0 Å². The van der Waals surface area contributed by atoms with Crippen molar-refractivity contribution in [2.75, 3.05) is 18.8 Å². The molecule has 1 N–H and O–H groups in total. The van der Waals surface area contributed by atoms with Crippen LogP contribution in [-0.4, -0.2) is 30.1 Å². The van der Waals surface area contributed by atoms with Crippen LogP contribution in [0.5, 0.6) is 0 Å². The number of halogens is 3. The Kier molecular flexibility index (Phi) is 4.25. The van der Waals surface area contributed by atoms with Crippen LogP contribution in [0.2, 0.25) is 0 Å². The molecule has 6 heteroatoms. The lowest BCUT2D eigenvalue weighted by Gasteiger charge is -2.21. The van der Waals surface area contributed by atoms with E-state index in [-0.39, 0.29) is 29.2 Å². The highest BCUT2D eigenvalue weighted by Crippen LogP contribution is 2.31. The standard InChI is InChI=1S/C8H12F3NOS/c9-8(10,11)14-4-2-6-5-12-3-1-7(6)13/h6,12H,1-5H2. The monoisotopic (exact) mass is 227 g/mol. The van der Waals surface area contributed by atoms with Gasteiger partial charge in [-0.2, -0.15) is 13.2 Å². The maximum absolute atomic E-state index is 11.8. The summed E-state index contributed by atoms with van der Waals surface area (Å²) in [5.41, 5.74) is -4.18. The first-order valence-electron chi connectivity index (χ1n) is 4.43. The molecule has 82 valence electrons. The SMILES string of the molecule is O=C1CCNCC1CCSC(F)(F)F. The van der Waals surface area contributed by atoms with Crippen molar-refractivity contribution >= 4 is 17.5 Å². The molecule has 1 aliphatic heterocycles. The fourth-order valence-corrected chi connectivity index (χ4v) is 2.02. The summed E-state index contributed by atoms with van der Waals surface area (Å²) in [4.78, 5) is 11.2. The fraction of sp³-hybridized carbons (Fsp3) is 0.875. The van der Waals surface area contributed by atoms with Crippen LogP contribution in [0.25, 0.3) is 0 Å². The number of hydrogen-bond acceptors (Lipinski definition) is 3. The maximum atomic E-state index is 11.8. The molecule has 1 heterocycles. The summed E-state index contributed by atoms with van der Waals surface area (Å²) in [5, 5.41) is 3.00. The predicted molar refractivity (Wildman–Crippen MR) is 49.1 cm³/mol. The molecule has 0 bridgehead atoms. The third kappa shape index (κ3) is 4.32. The maximum Gasteiger partial charge on any atom is 0.441 e. The molecule has 2 nitrogen and oxygen atoms in total. The number of Topliss-reactive ketones (excluding diaryl/α,β-unsaturated/α-hetero) is 1. The second-order valence-electron chi connectivity index (χ2n) is 3.20. The number of rotatable bonds is 3. The molecule has 1 rings (SSSR count). The van der Waals surface area contributed by atoms with E-state index in [1.54, 1.807) is 0 Å². The Morgan fingerprint density at radius 2 is 2.21 bits per heavy atom. The van der Waals surface area contributed by atoms with Gasteiger partial charge in [0.25, 0.3) is 0 Å². The summed E-state index contributed by atoms with van der Waals surface area (Å²) >= 11 is -0.0507. The minimum Gasteiger partial charge on any atom is -0.316 e. The third-order valence-corrected chi connectivity index (χ3v) is 2.89. The summed E-state index contributed by atoms with van der Waals surface area (Å²) in [5.74, 6) is -0.160. The second kappa shape index (κ2) is 5.02. The molecule has 1 aliphatic rings. The zero-order valence-electron chi connectivity index (χ0n) is 7.56. The van der Waals surface area contributed by atoms with Crippen LogP contribution in [0.4, 0.5) is 13.2 Å². The molecule has 0 saturated carbocycles. The van der Waals surface area contributed by atoms with Gasteiger partial charge >= 0.3 is 5.51 Å². The summed E-state index contributed by atoms with van der Waals surface area (Å²) < 4.78 is 35.3. The Bertz CT molecular complexity index is 207. The minimum absolute atomic E-state index is 0.0262. The lowest BCUT2D eigenvalue weighted by molar-refractivity contribution is -0.123. The van der Waals surface area contributed by atoms with Crippen LogP contribution < -0.4 is 5.32 Å². The van der Waals surface area contributed by atoms with Crippen LogP contribution in [0.15, 0.2) is 0 Å². The first-order chi connectivity index (χ1) is 6.49. The predicted octanol–water partition coefficient (Wildman–Crippen LogP) is 1.81. The summed E-state index contributed by atoms with van der Waals surface area (Å²) in [7, 11) is 0. The number of carbonyl (C=O) groups is 1. The van der Waals surface area contributed by atoms with Crippen molar-refractivity contribution in [2.24, 2.45) is 5.92 Å². The van der Waals surface area contributed by atoms with Crippen molar-refractivity contribution in [1.82, 2.24) is 5.32 Å². The fourth-order valence-electron chi connectivity index (χ4n) is 1.39. The highest BCUT2D eigenvalue weighted by atomic mass is 32.2. The molecule has 0 aromatic carbocycles. The number of hydrogen-bond donors (Lipinski definition) is 1. The van der Waals surface area contributed by atoms with Gasteiger partial charge in [0.05, 0.1) is 0 Å². The molecule has 0 radical (unpaired) electrons. The van der Waals surface area contributed by atoms with Crippen molar-refractivity contribution in [3.05, 3.63) is 0 Å². The Morgan fingerprint density at radius 1 is 1.50 bits per heavy atom. The molecule has 0 amide bonds. The normalized spacial score (nSPS) is 23.9. The highest BCUT2D eigenvalue weighted by Gasteiger charge is 2.29.